The van der Waals surface area contributed by atoms with Crippen LogP contribution in [0.3, 0.4) is 0 Å². The standard InChI is InChI=1S/C17H28F3N7/c1-3-21-15(25-12-13-6-5-11-27(13)4-2)23-9-10-24-16-22-8-7-14(26-16)17(18,19)20/h7-8,13H,3-6,9-12H2,1-2H3,(H2,21,23,25)(H,22,24,26). The molecule has 2 rings (SSSR count). The number of aliphatic imine (C=N–C) groups is 1. The van der Waals surface area contributed by atoms with Gasteiger partial charge in [0.25, 0.3) is 0 Å². The highest BCUT2D eigenvalue weighted by atomic mass is 19.4. The van der Waals surface area contributed by atoms with E-state index in [2.05, 4.69) is 42.7 Å². The second kappa shape index (κ2) is 10.3. The molecular formula is C17H28F3N7. The fraction of sp³-hybridized carbons (Fsp3) is 0.706. The highest BCUT2D eigenvalue weighted by Gasteiger charge is 2.32. The Balaban J connectivity index is 1.80. The Morgan fingerprint density at radius 2 is 2.11 bits per heavy atom. The zero-order valence-electron chi connectivity index (χ0n) is 15.8. The molecule has 2 heterocycles. The predicted octanol–water partition coefficient (Wildman–Crippen LogP) is 1.95. The van der Waals surface area contributed by atoms with Crippen molar-refractivity contribution in [1.82, 2.24) is 25.5 Å². The first-order chi connectivity index (χ1) is 12.9. The lowest BCUT2D eigenvalue weighted by atomic mass is 10.2. The zero-order chi connectivity index (χ0) is 19.7. The number of halogens is 3. The van der Waals surface area contributed by atoms with Gasteiger partial charge in [0.05, 0.1) is 6.54 Å². The average Bonchev–Trinajstić information content (AvgIpc) is 3.10. The SMILES string of the molecule is CCNC(=NCC1CCCN1CC)NCCNc1nccc(C(F)(F)F)n1. The van der Waals surface area contributed by atoms with Crippen LogP contribution in [0.2, 0.25) is 0 Å². The van der Waals surface area contributed by atoms with Crippen molar-refractivity contribution >= 4 is 11.9 Å². The molecule has 1 unspecified atom stereocenters. The molecule has 10 heteroatoms. The minimum Gasteiger partial charge on any atom is -0.357 e. The van der Waals surface area contributed by atoms with Crippen LogP contribution >= 0.6 is 0 Å². The van der Waals surface area contributed by atoms with E-state index >= 15 is 0 Å². The van der Waals surface area contributed by atoms with E-state index in [4.69, 9.17) is 0 Å². The molecule has 1 aliphatic heterocycles. The Bertz CT molecular complexity index is 606. The third-order valence-electron chi connectivity index (χ3n) is 4.36. The monoisotopic (exact) mass is 387 g/mol. The van der Waals surface area contributed by atoms with E-state index in [1.807, 2.05) is 6.92 Å². The van der Waals surface area contributed by atoms with Crippen molar-refractivity contribution in [2.45, 2.75) is 38.9 Å². The van der Waals surface area contributed by atoms with Crippen LogP contribution in [0.4, 0.5) is 19.1 Å². The van der Waals surface area contributed by atoms with E-state index < -0.39 is 11.9 Å². The molecule has 1 aromatic heterocycles. The van der Waals surface area contributed by atoms with Crippen LogP contribution in [0.1, 0.15) is 32.4 Å². The molecule has 0 spiro atoms. The summed E-state index contributed by atoms with van der Waals surface area (Å²) >= 11 is 0. The van der Waals surface area contributed by atoms with Crippen molar-refractivity contribution in [1.29, 1.82) is 0 Å². The van der Waals surface area contributed by atoms with Crippen LogP contribution in [0, 0.1) is 0 Å². The molecule has 27 heavy (non-hydrogen) atoms. The van der Waals surface area contributed by atoms with Crippen molar-refractivity contribution in [2.75, 3.05) is 44.6 Å². The van der Waals surface area contributed by atoms with Gasteiger partial charge in [-0.1, -0.05) is 6.92 Å². The van der Waals surface area contributed by atoms with Gasteiger partial charge < -0.3 is 16.0 Å². The zero-order valence-corrected chi connectivity index (χ0v) is 15.8. The summed E-state index contributed by atoms with van der Waals surface area (Å²) in [4.78, 5) is 14.3. The molecule has 0 amide bonds. The largest absolute Gasteiger partial charge is 0.433 e. The quantitative estimate of drug-likeness (QED) is 0.360. The molecule has 1 aliphatic rings. The smallest absolute Gasteiger partial charge is 0.357 e. The molecule has 1 fully saturated rings. The highest BCUT2D eigenvalue weighted by molar-refractivity contribution is 5.79. The van der Waals surface area contributed by atoms with Gasteiger partial charge in [-0.2, -0.15) is 13.2 Å². The van der Waals surface area contributed by atoms with E-state index in [-0.39, 0.29) is 5.95 Å². The first-order valence-electron chi connectivity index (χ1n) is 9.34. The number of aromatic nitrogens is 2. The highest BCUT2D eigenvalue weighted by Crippen LogP contribution is 2.27. The number of likely N-dealkylation sites (N-methyl/N-ethyl adjacent to an activating group) is 1. The molecule has 0 radical (unpaired) electrons. The number of hydrogen-bond acceptors (Lipinski definition) is 5. The van der Waals surface area contributed by atoms with Crippen molar-refractivity contribution in [3.05, 3.63) is 18.0 Å². The van der Waals surface area contributed by atoms with Crippen molar-refractivity contribution in [3.63, 3.8) is 0 Å². The Morgan fingerprint density at radius 1 is 1.30 bits per heavy atom. The summed E-state index contributed by atoms with van der Waals surface area (Å²) in [5.41, 5.74) is -0.958. The van der Waals surface area contributed by atoms with Crippen molar-refractivity contribution in [3.8, 4) is 0 Å². The van der Waals surface area contributed by atoms with Crippen molar-refractivity contribution in [2.24, 2.45) is 4.99 Å². The van der Waals surface area contributed by atoms with Gasteiger partial charge in [0.15, 0.2) is 5.96 Å². The molecule has 1 aromatic rings. The number of alkyl halides is 3. The number of likely N-dealkylation sites (tertiary alicyclic amines) is 1. The maximum absolute atomic E-state index is 12.7. The molecule has 7 nitrogen and oxygen atoms in total. The van der Waals surface area contributed by atoms with Crippen molar-refractivity contribution < 1.29 is 13.2 Å². The normalized spacial score (nSPS) is 18.6. The fourth-order valence-corrected chi connectivity index (χ4v) is 3.01. The maximum atomic E-state index is 12.7. The van der Waals surface area contributed by atoms with Crippen LogP contribution in [-0.4, -0.2) is 66.1 Å². The lowest BCUT2D eigenvalue weighted by Crippen LogP contribution is -2.41. The molecular weight excluding hydrogens is 359 g/mol. The molecule has 1 saturated heterocycles. The van der Waals surface area contributed by atoms with E-state index in [0.29, 0.717) is 25.1 Å². The minimum absolute atomic E-state index is 0.0434. The van der Waals surface area contributed by atoms with Gasteiger partial charge in [-0.3, -0.25) is 9.89 Å². The first kappa shape index (κ1) is 21.2. The van der Waals surface area contributed by atoms with Crippen LogP contribution in [0.5, 0.6) is 0 Å². The number of anilines is 1. The lowest BCUT2D eigenvalue weighted by molar-refractivity contribution is -0.141. The molecule has 0 aliphatic carbocycles. The van der Waals surface area contributed by atoms with Crippen LogP contribution < -0.4 is 16.0 Å². The molecule has 3 N–H and O–H groups in total. The van der Waals surface area contributed by atoms with Crippen LogP contribution in [0.15, 0.2) is 17.3 Å². The summed E-state index contributed by atoms with van der Waals surface area (Å²) in [6.45, 7) is 8.62. The van der Waals surface area contributed by atoms with Crippen LogP contribution in [0.25, 0.3) is 0 Å². The van der Waals surface area contributed by atoms with Crippen LogP contribution in [-0.2, 0) is 6.18 Å². The fourth-order valence-electron chi connectivity index (χ4n) is 3.01. The summed E-state index contributed by atoms with van der Waals surface area (Å²) in [6, 6.07) is 1.32. The summed E-state index contributed by atoms with van der Waals surface area (Å²) in [7, 11) is 0. The summed E-state index contributed by atoms with van der Waals surface area (Å²) in [6.07, 6.45) is -1.02. The molecule has 152 valence electrons. The lowest BCUT2D eigenvalue weighted by Gasteiger charge is -2.21. The topological polar surface area (TPSA) is 77.5 Å². The molecule has 0 saturated carbocycles. The summed E-state index contributed by atoms with van der Waals surface area (Å²) < 4.78 is 38.0. The van der Waals surface area contributed by atoms with Gasteiger partial charge in [-0.15, -0.1) is 0 Å². The first-order valence-corrected chi connectivity index (χ1v) is 9.34. The van der Waals surface area contributed by atoms with E-state index in [9.17, 15) is 13.2 Å². The van der Waals surface area contributed by atoms with E-state index in [1.165, 1.54) is 6.42 Å². The second-order valence-electron chi connectivity index (χ2n) is 6.26. The number of rotatable bonds is 8. The summed E-state index contributed by atoms with van der Waals surface area (Å²) in [5.74, 6) is 0.658. The van der Waals surface area contributed by atoms with Gasteiger partial charge in [0.1, 0.15) is 5.69 Å². The number of nitrogens with one attached hydrogen (secondary N) is 3. The molecule has 0 bridgehead atoms. The van der Waals surface area contributed by atoms with Gasteiger partial charge in [0.2, 0.25) is 5.95 Å². The second-order valence-corrected chi connectivity index (χ2v) is 6.26. The Hall–Kier alpha value is -2.10. The van der Waals surface area contributed by atoms with E-state index in [1.54, 1.807) is 0 Å². The Labute approximate surface area is 157 Å². The van der Waals surface area contributed by atoms with E-state index in [0.717, 1.165) is 44.9 Å². The van der Waals surface area contributed by atoms with Gasteiger partial charge in [-0.05, 0) is 38.9 Å². The number of guanidine groups is 1. The number of nitrogens with zero attached hydrogens (tertiary/aromatic N) is 4. The minimum atomic E-state index is -4.48. The predicted molar refractivity (Wildman–Crippen MR) is 99.8 cm³/mol. The Morgan fingerprint density at radius 3 is 2.81 bits per heavy atom. The van der Waals surface area contributed by atoms with Gasteiger partial charge in [0, 0.05) is 31.9 Å². The third kappa shape index (κ3) is 6.85. The number of hydrogen-bond donors (Lipinski definition) is 3. The summed E-state index contributed by atoms with van der Waals surface area (Å²) in [5, 5.41) is 9.14. The maximum Gasteiger partial charge on any atom is 0.433 e. The Kier molecular flexibility index (Phi) is 8.08. The third-order valence-corrected chi connectivity index (χ3v) is 4.36. The van der Waals surface area contributed by atoms with Gasteiger partial charge in [-0.25, -0.2) is 9.97 Å². The molecule has 1 atom stereocenters. The average molecular weight is 387 g/mol. The van der Waals surface area contributed by atoms with Gasteiger partial charge >= 0.3 is 6.18 Å². The molecule has 0 aromatic carbocycles.